The maximum atomic E-state index is 12.9. The van der Waals surface area contributed by atoms with Gasteiger partial charge in [0.15, 0.2) is 0 Å². The molecule has 0 bridgehead atoms. The summed E-state index contributed by atoms with van der Waals surface area (Å²) < 4.78 is 0. The zero-order chi connectivity index (χ0) is 23.9. The van der Waals surface area contributed by atoms with Crippen molar-refractivity contribution in [3.8, 4) is 0 Å². The first-order chi connectivity index (χ1) is 14.4. The molecule has 0 aromatic heterocycles. The molecule has 4 atom stereocenters. The van der Waals surface area contributed by atoms with Gasteiger partial charge in [-0.15, -0.1) is 0 Å². The molecular weight excluding hydrogens is 406 g/mol. The predicted octanol–water partition coefficient (Wildman–Crippen LogP) is -1.06. The van der Waals surface area contributed by atoms with Crippen molar-refractivity contribution in [2.24, 2.45) is 23.3 Å². The molecule has 0 saturated carbocycles. The lowest BCUT2D eigenvalue weighted by molar-refractivity contribution is -0.144. The highest BCUT2D eigenvalue weighted by Crippen LogP contribution is 2.20. The number of hydrogen-bond acceptors (Lipinski definition) is 6. The van der Waals surface area contributed by atoms with E-state index in [1.54, 1.807) is 27.7 Å². The third-order valence-corrected chi connectivity index (χ3v) is 5.33. The van der Waals surface area contributed by atoms with Crippen molar-refractivity contribution in [1.82, 2.24) is 15.5 Å². The number of carboxylic acids is 1. The van der Waals surface area contributed by atoms with Gasteiger partial charge in [0.1, 0.15) is 18.1 Å². The second-order valence-corrected chi connectivity index (χ2v) is 8.60. The van der Waals surface area contributed by atoms with E-state index < -0.39 is 53.8 Å². The van der Waals surface area contributed by atoms with Gasteiger partial charge >= 0.3 is 5.97 Å². The Hall–Kier alpha value is -2.69. The topological polar surface area (TPSA) is 185 Å². The van der Waals surface area contributed by atoms with Crippen molar-refractivity contribution < 1.29 is 29.1 Å². The molecule has 1 heterocycles. The molecule has 0 aliphatic carbocycles. The molecule has 11 heteroatoms. The Morgan fingerprint density at radius 1 is 1.03 bits per heavy atom. The van der Waals surface area contributed by atoms with Gasteiger partial charge < -0.3 is 32.1 Å². The fraction of sp³-hybridized carbons (Fsp3) is 0.750. The minimum atomic E-state index is -1.16. The number of carbonyl (C=O) groups excluding carboxylic acids is 4. The Morgan fingerprint density at radius 3 is 2.10 bits per heavy atom. The number of primary amides is 1. The van der Waals surface area contributed by atoms with Crippen LogP contribution in [0, 0.1) is 11.8 Å². The number of carboxylic acid groups (broad SMARTS) is 1. The highest BCUT2D eigenvalue weighted by Gasteiger charge is 2.38. The maximum Gasteiger partial charge on any atom is 0.326 e. The van der Waals surface area contributed by atoms with Gasteiger partial charge in [0.2, 0.25) is 23.6 Å². The van der Waals surface area contributed by atoms with Crippen molar-refractivity contribution in [2.45, 2.75) is 77.5 Å². The van der Waals surface area contributed by atoms with E-state index in [0.717, 1.165) is 0 Å². The van der Waals surface area contributed by atoms with Gasteiger partial charge in [-0.05, 0) is 31.1 Å². The second-order valence-electron chi connectivity index (χ2n) is 8.60. The maximum absolute atomic E-state index is 12.9. The van der Waals surface area contributed by atoms with Crippen molar-refractivity contribution in [3.05, 3.63) is 0 Å². The summed E-state index contributed by atoms with van der Waals surface area (Å²) >= 11 is 0. The summed E-state index contributed by atoms with van der Waals surface area (Å²) in [7, 11) is 0. The summed E-state index contributed by atoms with van der Waals surface area (Å²) in [6, 6.07) is -3.79. The molecule has 0 aromatic rings. The Morgan fingerprint density at radius 2 is 1.61 bits per heavy atom. The van der Waals surface area contributed by atoms with Gasteiger partial charge in [-0.3, -0.25) is 19.2 Å². The fourth-order valence-corrected chi connectivity index (χ4v) is 3.48. The average Bonchev–Trinajstić information content (AvgIpc) is 3.16. The summed E-state index contributed by atoms with van der Waals surface area (Å²) in [6.45, 7) is 7.14. The van der Waals surface area contributed by atoms with Gasteiger partial charge in [0.05, 0.1) is 6.04 Å². The van der Waals surface area contributed by atoms with Crippen LogP contribution in [0.2, 0.25) is 0 Å². The molecule has 0 radical (unpaired) electrons. The molecule has 4 unspecified atom stereocenters. The number of amides is 4. The minimum absolute atomic E-state index is 0.0339. The Labute approximate surface area is 182 Å². The van der Waals surface area contributed by atoms with E-state index in [1.165, 1.54) is 4.90 Å². The lowest BCUT2D eigenvalue weighted by Gasteiger charge is -2.30. The second kappa shape index (κ2) is 11.6. The number of likely N-dealkylation sites (tertiary alicyclic amines) is 1. The van der Waals surface area contributed by atoms with E-state index in [9.17, 15) is 29.1 Å². The molecule has 0 spiro atoms. The van der Waals surface area contributed by atoms with Gasteiger partial charge in [-0.2, -0.15) is 0 Å². The van der Waals surface area contributed by atoms with E-state index in [2.05, 4.69) is 10.6 Å². The first-order valence-corrected chi connectivity index (χ1v) is 10.5. The van der Waals surface area contributed by atoms with E-state index in [1.807, 2.05) is 0 Å². The van der Waals surface area contributed by atoms with Crippen LogP contribution in [0.25, 0.3) is 0 Å². The van der Waals surface area contributed by atoms with Gasteiger partial charge in [-0.25, -0.2) is 4.79 Å². The normalized spacial score (nSPS) is 19.1. The molecule has 1 aliphatic rings. The number of nitrogens with one attached hydrogen (secondary N) is 2. The summed E-state index contributed by atoms with van der Waals surface area (Å²) in [6.07, 6.45) is 1.06. The van der Waals surface area contributed by atoms with Crippen molar-refractivity contribution in [1.29, 1.82) is 0 Å². The van der Waals surface area contributed by atoms with Crippen LogP contribution in [-0.4, -0.2) is 70.3 Å². The van der Waals surface area contributed by atoms with Crippen LogP contribution >= 0.6 is 0 Å². The van der Waals surface area contributed by atoms with Gasteiger partial charge in [0, 0.05) is 13.0 Å². The largest absolute Gasteiger partial charge is 0.480 e. The average molecular weight is 442 g/mol. The zero-order valence-electron chi connectivity index (χ0n) is 18.6. The molecule has 1 fully saturated rings. The Bertz CT molecular complexity index is 696. The summed E-state index contributed by atoms with van der Waals surface area (Å²) in [5.41, 5.74) is 11.0. The molecule has 7 N–H and O–H groups in total. The smallest absolute Gasteiger partial charge is 0.326 e. The van der Waals surface area contributed by atoms with E-state index >= 15 is 0 Å². The number of carbonyl (C=O) groups is 5. The quantitative estimate of drug-likeness (QED) is 0.270. The number of nitrogens with zero attached hydrogens (tertiary/aromatic N) is 1. The van der Waals surface area contributed by atoms with Crippen LogP contribution in [0.4, 0.5) is 0 Å². The molecule has 0 aromatic carbocycles. The summed E-state index contributed by atoms with van der Waals surface area (Å²) in [5, 5.41) is 14.4. The molecule has 31 heavy (non-hydrogen) atoms. The van der Waals surface area contributed by atoms with Crippen LogP contribution in [0.1, 0.15) is 53.4 Å². The molecule has 4 amide bonds. The Kier molecular flexibility index (Phi) is 9.89. The van der Waals surface area contributed by atoms with E-state index in [-0.39, 0.29) is 24.7 Å². The molecule has 176 valence electrons. The van der Waals surface area contributed by atoms with Crippen LogP contribution in [0.5, 0.6) is 0 Å². The van der Waals surface area contributed by atoms with E-state index in [4.69, 9.17) is 11.5 Å². The lowest BCUT2D eigenvalue weighted by Crippen LogP contribution is -2.58. The first kappa shape index (κ1) is 26.3. The van der Waals surface area contributed by atoms with Gasteiger partial charge in [0.25, 0.3) is 0 Å². The third-order valence-electron chi connectivity index (χ3n) is 5.33. The van der Waals surface area contributed by atoms with Gasteiger partial charge in [-0.1, -0.05) is 27.7 Å². The highest BCUT2D eigenvalue weighted by atomic mass is 16.4. The monoisotopic (exact) mass is 441 g/mol. The Balaban J connectivity index is 2.86. The van der Waals surface area contributed by atoms with Crippen LogP contribution in [0.3, 0.4) is 0 Å². The van der Waals surface area contributed by atoms with Crippen molar-refractivity contribution in [3.63, 3.8) is 0 Å². The number of nitrogens with two attached hydrogens (primary N) is 2. The number of aliphatic carboxylic acids is 1. The molecule has 1 saturated heterocycles. The first-order valence-electron chi connectivity index (χ1n) is 10.5. The van der Waals surface area contributed by atoms with Crippen LogP contribution < -0.4 is 22.1 Å². The standard InChI is InChI=1S/C20H35N5O6/c1-10(2)15(18(28)24-16(11(3)4)20(30)31)23-17(27)13-6-5-9-25(13)19(29)12(21)7-8-14(22)26/h10-13,15-16H,5-9,21H2,1-4H3,(H2,22,26)(H,23,27)(H,24,28)(H,30,31). The zero-order valence-corrected chi connectivity index (χ0v) is 18.6. The van der Waals surface area contributed by atoms with Crippen LogP contribution in [-0.2, 0) is 24.0 Å². The highest BCUT2D eigenvalue weighted by molar-refractivity contribution is 5.94. The predicted molar refractivity (Wildman–Crippen MR) is 112 cm³/mol. The number of rotatable bonds is 11. The fourth-order valence-electron chi connectivity index (χ4n) is 3.48. The minimum Gasteiger partial charge on any atom is -0.480 e. The molecular formula is C20H35N5O6. The third kappa shape index (κ3) is 7.50. The molecule has 11 nitrogen and oxygen atoms in total. The molecule has 1 aliphatic heterocycles. The van der Waals surface area contributed by atoms with Crippen molar-refractivity contribution >= 4 is 29.6 Å². The summed E-state index contributed by atoms with van der Waals surface area (Å²) in [4.78, 5) is 61.9. The van der Waals surface area contributed by atoms with E-state index in [0.29, 0.717) is 19.4 Å². The summed E-state index contributed by atoms with van der Waals surface area (Å²) in [5.74, 6) is -3.92. The molecule has 1 rings (SSSR count). The van der Waals surface area contributed by atoms with Crippen molar-refractivity contribution in [2.75, 3.05) is 6.54 Å². The van der Waals surface area contributed by atoms with Crippen LogP contribution in [0.15, 0.2) is 0 Å². The SMILES string of the molecule is CC(C)C(NC(=O)C(NC(=O)C1CCCN1C(=O)C(N)CCC(N)=O)C(C)C)C(=O)O. The number of hydrogen-bond donors (Lipinski definition) is 5. The lowest BCUT2D eigenvalue weighted by atomic mass is 9.99.